The van der Waals surface area contributed by atoms with Gasteiger partial charge in [-0.05, 0) is 36.4 Å². The van der Waals surface area contributed by atoms with E-state index in [0.29, 0.717) is 17.1 Å². The molecule has 0 fully saturated rings. The van der Waals surface area contributed by atoms with Gasteiger partial charge in [-0.3, -0.25) is 4.79 Å². The van der Waals surface area contributed by atoms with Gasteiger partial charge in [-0.1, -0.05) is 11.6 Å². The fraction of sp³-hybridized carbons (Fsp3) is 0.222. The number of rotatable bonds is 6. The molecule has 0 atom stereocenters. The summed E-state index contributed by atoms with van der Waals surface area (Å²) >= 11 is 5.95. The first-order chi connectivity index (χ1) is 13.2. The zero-order valence-electron chi connectivity index (χ0n) is 15.0. The number of sulfonamides is 1. The van der Waals surface area contributed by atoms with Crippen molar-refractivity contribution in [1.29, 1.82) is 0 Å². The van der Waals surface area contributed by atoms with Crippen LogP contribution in [-0.4, -0.2) is 52.0 Å². The van der Waals surface area contributed by atoms with Crippen molar-refractivity contribution in [2.75, 3.05) is 27.5 Å². The van der Waals surface area contributed by atoms with E-state index in [9.17, 15) is 18.0 Å². The van der Waals surface area contributed by atoms with Crippen molar-refractivity contribution in [2.45, 2.75) is 4.90 Å². The van der Waals surface area contributed by atoms with Crippen LogP contribution in [-0.2, 0) is 14.8 Å². The molecule has 2 aromatic carbocycles. The smallest absolute Gasteiger partial charge is 0.338 e. The summed E-state index contributed by atoms with van der Waals surface area (Å²) in [7, 11) is -1.15. The van der Waals surface area contributed by atoms with E-state index >= 15 is 0 Å². The number of halogens is 1. The minimum absolute atomic E-state index is 0.0262. The normalized spacial score (nSPS) is 12.9. The van der Waals surface area contributed by atoms with E-state index in [1.165, 1.54) is 38.4 Å². The highest BCUT2D eigenvalue weighted by atomic mass is 35.5. The number of Topliss-reactive ketones (excluding diaryl/α,β-unsaturated/α-hetero) is 1. The first-order valence-electron chi connectivity index (χ1n) is 8.02. The predicted molar refractivity (Wildman–Crippen MR) is 99.5 cm³/mol. The van der Waals surface area contributed by atoms with Crippen LogP contribution in [0.15, 0.2) is 41.3 Å². The maximum Gasteiger partial charge on any atom is 0.338 e. The third-order valence-corrected chi connectivity index (χ3v) is 6.25. The Balaban J connectivity index is 1.72. The predicted octanol–water partition coefficient (Wildman–Crippen LogP) is 2.36. The summed E-state index contributed by atoms with van der Waals surface area (Å²) in [6.07, 6.45) is 0. The standard InChI is InChI=1S/C18H16ClNO7S/c1-20(2)28(23,24)17-8-12(3-5-13(17)19)18(22)25-9-14(21)11-4-6-15-16(7-11)27-10-26-15/h3-8H,9-10H2,1-2H3. The lowest BCUT2D eigenvalue weighted by molar-refractivity contribution is 0.0474. The van der Waals surface area contributed by atoms with E-state index in [2.05, 4.69) is 0 Å². The van der Waals surface area contributed by atoms with Gasteiger partial charge in [0.25, 0.3) is 0 Å². The molecule has 0 amide bonds. The third-order valence-electron chi connectivity index (χ3n) is 3.95. The maximum atomic E-state index is 12.3. The number of hydrogen-bond acceptors (Lipinski definition) is 7. The number of ketones is 1. The number of hydrogen-bond donors (Lipinski definition) is 0. The lowest BCUT2D eigenvalue weighted by Crippen LogP contribution is -2.23. The first kappa shape index (κ1) is 20.1. The molecule has 3 rings (SSSR count). The molecule has 1 heterocycles. The fourth-order valence-corrected chi connectivity index (χ4v) is 3.79. The van der Waals surface area contributed by atoms with E-state index < -0.39 is 28.4 Å². The summed E-state index contributed by atoms with van der Waals surface area (Å²) < 4.78 is 40.9. The molecule has 0 radical (unpaired) electrons. The van der Waals surface area contributed by atoms with Gasteiger partial charge in [0.15, 0.2) is 23.9 Å². The Labute approximate surface area is 166 Å². The zero-order valence-corrected chi connectivity index (χ0v) is 16.5. The number of carbonyl (C=O) groups is 2. The molecule has 8 nitrogen and oxygen atoms in total. The summed E-state index contributed by atoms with van der Waals surface area (Å²) in [6, 6.07) is 8.36. The van der Waals surface area contributed by atoms with Crippen molar-refractivity contribution < 1.29 is 32.2 Å². The molecule has 0 unspecified atom stereocenters. The van der Waals surface area contributed by atoms with Crippen LogP contribution in [0.25, 0.3) is 0 Å². The lowest BCUT2D eigenvalue weighted by atomic mass is 10.1. The molecule has 0 saturated heterocycles. The molecular weight excluding hydrogens is 410 g/mol. The van der Waals surface area contributed by atoms with Crippen LogP contribution in [0.3, 0.4) is 0 Å². The summed E-state index contributed by atoms with van der Waals surface area (Å²) in [5, 5.41) is -0.0262. The average molecular weight is 426 g/mol. The van der Waals surface area contributed by atoms with E-state index in [1.54, 1.807) is 6.07 Å². The number of fused-ring (bicyclic) bond motifs is 1. The quantitative estimate of drug-likeness (QED) is 0.517. The Hall–Kier alpha value is -2.62. The second-order valence-electron chi connectivity index (χ2n) is 6.00. The summed E-state index contributed by atoms with van der Waals surface area (Å²) in [5.41, 5.74) is 0.257. The molecular formula is C18H16ClNO7S. The molecule has 10 heteroatoms. The molecule has 28 heavy (non-hydrogen) atoms. The molecule has 0 aliphatic carbocycles. The molecule has 2 aromatic rings. The molecule has 0 aromatic heterocycles. The van der Waals surface area contributed by atoms with Crippen molar-refractivity contribution in [3.05, 3.63) is 52.5 Å². The van der Waals surface area contributed by atoms with Crippen molar-refractivity contribution in [2.24, 2.45) is 0 Å². The van der Waals surface area contributed by atoms with Gasteiger partial charge >= 0.3 is 5.97 Å². The monoisotopic (exact) mass is 425 g/mol. The SMILES string of the molecule is CN(C)S(=O)(=O)c1cc(C(=O)OCC(=O)c2ccc3c(c2)OCO3)ccc1Cl. The lowest BCUT2D eigenvalue weighted by Gasteiger charge is -2.13. The molecule has 0 bridgehead atoms. The van der Waals surface area contributed by atoms with Crippen molar-refractivity contribution in [3.63, 3.8) is 0 Å². The van der Waals surface area contributed by atoms with Gasteiger partial charge in [0.2, 0.25) is 16.8 Å². The highest BCUT2D eigenvalue weighted by Crippen LogP contribution is 2.32. The van der Waals surface area contributed by atoms with Gasteiger partial charge in [0, 0.05) is 19.7 Å². The second kappa shape index (κ2) is 7.78. The summed E-state index contributed by atoms with van der Waals surface area (Å²) in [4.78, 5) is 24.3. The Morgan fingerprint density at radius 1 is 1.07 bits per heavy atom. The minimum atomic E-state index is -3.84. The fourth-order valence-electron chi connectivity index (χ4n) is 2.39. The number of esters is 1. The van der Waals surface area contributed by atoms with Crippen LogP contribution >= 0.6 is 11.6 Å². The van der Waals surface area contributed by atoms with E-state index in [4.69, 9.17) is 25.8 Å². The van der Waals surface area contributed by atoms with Crippen molar-refractivity contribution in [1.82, 2.24) is 4.31 Å². The topological polar surface area (TPSA) is 99.2 Å². The van der Waals surface area contributed by atoms with Crippen LogP contribution in [0.4, 0.5) is 0 Å². The van der Waals surface area contributed by atoms with Crippen LogP contribution < -0.4 is 9.47 Å². The third kappa shape index (κ3) is 3.96. The van der Waals surface area contributed by atoms with Gasteiger partial charge < -0.3 is 14.2 Å². The number of carbonyl (C=O) groups excluding carboxylic acids is 2. The Morgan fingerprint density at radius 2 is 1.75 bits per heavy atom. The van der Waals surface area contributed by atoms with Gasteiger partial charge in [-0.2, -0.15) is 0 Å². The van der Waals surface area contributed by atoms with Crippen LogP contribution in [0.2, 0.25) is 5.02 Å². The van der Waals surface area contributed by atoms with Crippen molar-refractivity contribution >= 4 is 33.4 Å². The van der Waals surface area contributed by atoms with Gasteiger partial charge in [0.1, 0.15) is 4.90 Å². The van der Waals surface area contributed by atoms with Crippen molar-refractivity contribution in [3.8, 4) is 11.5 Å². The van der Waals surface area contributed by atoms with E-state index in [-0.39, 0.29) is 22.3 Å². The molecule has 0 N–H and O–H groups in total. The van der Waals surface area contributed by atoms with Crippen LogP contribution in [0.5, 0.6) is 11.5 Å². The summed E-state index contributed by atoms with van der Waals surface area (Å²) in [5.74, 6) is -0.319. The molecule has 0 saturated carbocycles. The largest absolute Gasteiger partial charge is 0.454 e. The van der Waals surface area contributed by atoms with Crippen LogP contribution in [0, 0.1) is 0 Å². The first-order valence-corrected chi connectivity index (χ1v) is 9.84. The molecule has 148 valence electrons. The van der Waals surface area contributed by atoms with Gasteiger partial charge in [-0.25, -0.2) is 17.5 Å². The Kier molecular flexibility index (Phi) is 5.59. The number of benzene rings is 2. The van der Waals surface area contributed by atoms with Crippen LogP contribution in [0.1, 0.15) is 20.7 Å². The highest BCUT2D eigenvalue weighted by molar-refractivity contribution is 7.89. The second-order valence-corrected chi connectivity index (χ2v) is 8.53. The molecule has 1 aliphatic heterocycles. The number of nitrogens with zero attached hydrogens (tertiary/aromatic N) is 1. The highest BCUT2D eigenvalue weighted by Gasteiger charge is 2.23. The minimum Gasteiger partial charge on any atom is -0.454 e. The molecule has 0 spiro atoms. The Bertz CT molecular complexity index is 1050. The summed E-state index contributed by atoms with van der Waals surface area (Å²) in [6.45, 7) is -0.437. The maximum absolute atomic E-state index is 12.3. The van der Waals surface area contributed by atoms with E-state index in [1.807, 2.05) is 0 Å². The van der Waals surface area contributed by atoms with Gasteiger partial charge in [-0.15, -0.1) is 0 Å². The Morgan fingerprint density at radius 3 is 2.46 bits per heavy atom. The van der Waals surface area contributed by atoms with E-state index in [0.717, 1.165) is 10.4 Å². The molecule has 1 aliphatic rings. The number of ether oxygens (including phenoxy) is 3. The zero-order chi connectivity index (χ0) is 20.5. The van der Waals surface area contributed by atoms with Gasteiger partial charge in [0.05, 0.1) is 10.6 Å². The average Bonchev–Trinajstić information content (AvgIpc) is 3.13.